The van der Waals surface area contributed by atoms with Gasteiger partial charge in [-0.05, 0) is 27.7 Å². The number of carbonyl (C=O) groups is 2. The summed E-state index contributed by atoms with van der Waals surface area (Å²) in [5.74, 6) is 0. The molecule has 6 nitrogen and oxygen atoms in total. The van der Waals surface area contributed by atoms with Gasteiger partial charge in [-0.1, -0.05) is 0 Å². The zero-order valence-electron chi connectivity index (χ0n) is 11.1. The summed E-state index contributed by atoms with van der Waals surface area (Å²) in [6.45, 7) is 9.16. The van der Waals surface area contributed by atoms with Crippen molar-refractivity contribution in [2.75, 3.05) is 26.2 Å². The number of rotatable bonds is 4. The standard InChI is InChI=1S/2C5H11NO2.Sn.2H/c2*1-3-6(4-2)5(7)8;;;/h2*3-4H2,1-2H3,(H,7,8);;;/q;;+2;;/p-2. The molecule has 100 valence electrons. The minimum atomic E-state index is -1.09. The number of hydrogen-bond acceptors (Lipinski definition) is 4. The molecule has 0 aromatic rings. The van der Waals surface area contributed by atoms with Crippen molar-refractivity contribution in [1.29, 1.82) is 0 Å². The van der Waals surface area contributed by atoms with Crippen molar-refractivity contribution < 1.29 is 19.8 Å². The summed E-state index contributed by atoms with van der Waals surface area (Å²) in [5.41, 5.74) is 0. The first kappa shape index (κ1) is 21.6. The van der Waals surface area contributed by atoms with Crippen LogP contribution in [0, 0.1) is 0 Å². The van der Waals surface area contributed by atoms with E-state index in [0.29, 0.717) is 26.2 Å². The van der Waals surface area contributed by atoms with Crippen molar-refractivity contribution >= 4 is 36.1 Å². The molecule has 0 saturated heterocycles. The van der Waals surface area contributed by atoms with Crippen molar-refractivity contribution in [3.05, 3.63) is 0 Å². The van der Waals surface area contributed by atoms with Gasteiger partial charge in [0, 0.05) is 26.2 Å². The van der Waals surface area contributed by atoms with E-state index in [-0.39, 0.29) is 23.9 Å². The van der Waals surface area contributed by atoms with Gasteiger partial charge in [-0.25, -0.2) is 0 Å². The average Bonchev–Trinajstić information content (AvgIpc) is 2.21. The van der Waals surface area contributed by atoms with Crippen LogP contribution in [0.5, 0.6) is 0 Å². The van der Waals surface area contributed by atoms with Gasteiger partial charge in [0.25, 0.3) is 0 Å². The Labute approximate surface area is 120 Å². The predicted octanol–water partition coefficient (Wildman–Crippen LogP) is -1.57. The molecule has 0 aromatic heterocycles. The molecule has 0 aliphatic rings. The summed E-state index contributed by atoms with van der Waals surface area (Å²) in [6, 6.07) is 0. The van der Waals surface area contributed by atoms with Crippen LogP contribution in [-0.4, -0.2) is 72.1 Å². The van der Waals surface area contributed by atoms with Gasteiger partial charge in [0.1, 0.15) is 12.2 Å². The first-order chi connectivity index (χ1) is 7.44. The zero-order chi connectivity index (χ0) is 13.1. The first-order valence-corrected chi connectivity index (χ1v) is 5.36. The van der Waals surface area contributed by atoms with E-state index >= 15 is 0 Å². The Balaban J connectivity index is -0.000000218. The molecule has 0 heterocycles. The summed E-state index contributed by atoms with van der Waals surface area (Å²) in [6.07, 6.45) is -2.18. The molecule has 0 aliphatic carbocycles. The Hall–Kier alpha value is -0.661. The molecule has 0 N–H and O–H groups in total. The van der Waals surface area contributed by atoms with E-state index in [4.69, 9.17) is 0 Å². The molecule has 0 spiro atoms. The normalized spacial score (nSPS) is 8.24. The number of hydrogen-bond donors (Lipinski definition) is 0. The van der Waals surface area contributed by atoms with E-state index in [1.54, 1.807) is 27.7 Å². The fourth-order valence-corrected chi connectivity index (χ4v) is 0.964. The molecule has 0 bridgehead atoms. The molecule has 0 rings (SSSR count). The van der Waals surface area contributed by atoms with Gasteiger partial charge in [0.2, 0.25) is 0 Å². The van der Waals surface area contributed by atoms with Crippen LogP contribution >= 0.6 is 0 Å². The van der Waals surface area contributed by atoms with E-state index < -0.39 is 12.2 Å². The molecule has 0 aromatic carbocycles. The minimum absolute atomic E-state index is 0. The number of amides is 2. The van der Waals surface area contributed by atoms with Crippen molar-refractivity contribution in [3.8, 4) is 0 Å². The quantitative estimate of drug-likeness (QED) is 0.572. The first-order valence-electron chi connectivity index (χ1n) is 5.36. The summed E-state index contributed by atoms with van der Waals surface area (Å²) in [7, 11) is 0. The third kappa shape index (κ3) is 11.6. The SMILES string of the molecule is CCN(CC)C(=O)[O-].CCN(CC)C(=O)[O-].[SnH2+2]. The van der Waals surface area contributed by atoms with Crippen LogP contribution < -0.4 is 10.2 Å². The molecule has 0 atom stereocenters. The number of carboxylic acid groups (broad SMARTS) is 2. The Morgan fingerprint density at radius 1 is 0.765 bits per heavy atom. The van der Waals surface area contributed by atoms with E-state index in [1.165, 1.54) is 9.80 Å². The maximum atomic E-state index is 9.98. The second-order valence-corrected chi connectivity index (χ2v) is 2.88. The molecular formula is C10H22N2O4Sn. The van der Waals surface area contributed by atoms with Crippen molar-refractivity contribution in [3.63, 3.8) is 0 Å². The van der Waals surface area contributed by atoms with E-state index in [0.717, 1.165) is 0 Å². The van der Waals surface area contributed by atoms with Crippen LogP contribution in [0.2, 0.25) is 0 Å². The van der Waals surface area contributed by atoms with Gasteiger partial charge in [0.15, 0.2) is 0 Å². The van der Waals surface area contributed by atoms with Crippen LogP contribution in [0.1, 0.15) is 27.7 Å². The van der Waals surface area contributed by atoms with Crippen molar-refractivity contribution in [2.24, 2.45) is 0 Å². The summed E-state index contributed by atoms with van der Waals surface area (Å²) < 4.78 is 0. The molecule has 0 saturated carbocycles. The van der Waals surface area contributed by atoms with Crippen molar-refractivity contribution in [1.82, 2.24) is 9.80 Å². The summed E-state index contributed by atoms with van der Waals surface area (Å²) in [5, 5.41) is 20.0. The predicted molar refractivity (Wildman–Crippen MR) is 65.2 cm³/mol. The average molecular weight is 353 g/mol. The van der Waals surface area contributed by atoms with Crippen LogP contribution in [0.3, 0.4) is 0 Å². The van der Waals surface area contributed by atoms with Gasteiger partial charge in [-0.2, -0.15) is 0 Å². The molecule has 0 fully saturated rings. The second-order valence-electron chi connectivity index (χ2n) is 2.88. The second kappa shape index (κ2) is 13.4. The number of carbonyl (C=O) groups excluding carboxylic acids is 2. The zero-order valence-corrected chi connectivity index (χ0v) is 15.1. The topological polar surface area (TPSA) is 86.7 Å². The van der Waals surface area contributed by atoms with Gasteiger partial charge >= 0.3 is 23.9 Å². The molecule has 2 amide bonds. The molecular weight excluding hydrogens is 331 g/mol. The third-order valence-electron chi connectivity index (χ3n) is 2.04. The molecule has 0 aliphatic heterocycles. The van der Waals surface area contributed by atoms with Gasteiger partial charge in [-0.15, -0.1) is 0 Å². The molecule has 17 heavy (non-hydrogen) atoms. The maximum absolute atomic E-state index is 9.98. The van der Waals surface area contributed by atoms with E-state index in [1.807, 2.05) is 0 Å². The Bertz CT molecular complexity index is 184. The monoisotopic (exact) mass is 354 g/mol. The Morgan fingerprint density at radius 3 is 0.941 bits per heavy atom. The molecule has 7 heteroatoms. The van der Waals surface area contributed by atoms with Crippen LogP contribution in [0.25, 0.3) is 0 Å². The number of nitrogens with zero attached hydrogens (tertiary/aromatic N) is 2. The van der Waals surface area contributed by atoms with E-state index in [2.05, 4.69) is 0 Å². The van der Waals surface area contributed by atoms with Crippen LogP contribution in [-0.2, 0) is 0 Å². The third-order valence-corrected chi connectivity index (χ3v) is 2.04. The summed E-state index contributed by atoms with van der Waals surface area (Å²) >= 11 is 0. The van der Waals surface area contributed by atoms with Crippen LogP contribution in [0.15, 0.2) is 0 Å². The van der Waals surface area contributed by atoms with Gasteiger partial charge in [-0.3, -0.25) is 0 Å². The van der Waals surface area contributed by atoms with Gasteiger partial charge in [0.05, 0.1) is 0 Å². The molecule has 0 radical (unpaired) electrons. The molecule has 0 unspecified atom stereocenters. The van der Waals surface area contributed by atoms with E-state index in [9.17, 15) is 19.8 Å². The van der Waals surface area contributed by atoms with Crippen LogP contribution in [0.4, 0.5) is 9.59 Å². The summed E-state index contributed by atoms with van der Waals surface area (Å²) in [4.78, 5) is 22.4. The van der Waals surface area contributed by atoms with Crippen molar-refractivity contribution in [2.45, 2.75) is 27.7 Å². The van der Waals surface area contributed by atoms with Gasteiger partial charge < -0.3 is 29.6 Å². The fraction of sp³-hybridized carbons (Fsp3) is 0.800. The fourth-order valence-electron chi connectivity index (χ4n) is 0.964. The Kier molecular flexibility index (Phi) is 17.0. The Morgan fingerprint density at radius 2 is 0.941 bits per heavy atom.